The van der Waals surface area contributed by atoms with Crippen molar-refractivity contribution in [3.8, 4) is 0 Å². The number of carbonyl (C=O) groups excluding carboxylic acids is 1. The maximum Gasteiger partial charge on any atom is 0.240 e. The van der Waals surface area contributed by atoms with Crippen molar-refractivity contribution in [2.24, 2.45) is 0 Å². The van der Waals surface area contributed by atoms with E-state index in [0.717, 1.165) is 34.8 Å². The molecule has 1 aliphatic heterocycles. The van der Waals surface area contributed by atoms with Crippen LogP contribution in [0.5, 0.6) is 0 Å². The van der Waals surface area contributed by atoms with Crippen LogP contribution >= 0.6 is 11.8 Å². The minimum atomic E-state index is -0.242. The maximum absolute atomic E-state index is 13.0. The molecule has 0 saturated carbocycles. The van der Waals surface area contributed by atoms with Gasteiger partial charge in [-0.25, -0.2) is 10.1 Å². The highest BCUT2D eigenvalue weighted by atomic mass is 32.2. The van der Waals surface area contributed by atoms with Crippen LogP contribution in [0.15, 0.2) is 53.7 Å². The molecule has 0 saturated heterocycles. The number of carbonyl (C=O) groups is 1. The number of anilines is 1. The van der Waals surface area contributed by atoms with Crippen LogP contribution in [0.4, 0.5) is 5.69 Å². The van der Waals surface area contributed by atoms with E-state index in [0.29, 0.717) is 5.78 Å². The summed E-state index contributed by atoms with van der Waals surface area (Å²) < 4.78 is 1.97. The molecule has 1 atom stereocenters. The maximum atomic E-state index is 13.0. The first-order valence-electron chi connectivity index (χ1n) is 8.60. The number of hydrogen-bond donors (Lipinski definition) is 1. The first kappa shape index (κ1) is 15.5. The van der Waals surface area contributed by atoms with Gasteiger partial charge in [-0.2, -0.15) is 0 Å². The lowest BCUT2D eigenvalue weighted by molar-refractivity contribution is -0.117. The molecule has 0 bridgehead atoms. The summed E-state index contributed by atoms with van der Waals surface area (Å²) in [6, 6.07) is 16.0. The minimum absolute atomic E-state index is 0.112. The van der Waals surface area contributed by atoms with E-state index in [9.17, 15) is 4.79 Å². The topological polar surface area (TPSA) is 66.3 Å². The average Bonchev–Trinajstić information content (AvgIpc) is 3.35. The Morgan fingerprint density at radius 2 is 2.00 bits per heavy atom. The van der Waals surface area contributed by atoms with Gasteiger partial charge in [0.2, 0.25) is 11.7 Å². The Bertz CT molecular complexity index is 1130. The molecule has 5 rings (SSSR count). The lowest BCUT2D eigenvalue weighted by Gasteiger charge is -2.20. The van der Waals surface area contributed by atoms with Crippen molar-refractivity contribution in [1.29, 1.82) is 0 Å². The van der Waals surface area contributed by atoms with Gasteiger partial charge in [0.15, 0.2) is 5.16 Å². The van der Waals surface area contributed by atoms with E-state index in [1.54, 1.807) is 0 Å². The smallest absolute Gasteiger partial charge is 0.240 e. The third-order valence-electron chi connectivity index (χ3n) is 4.79. The molecule has 4 aromatic rings. The highest BCUT2D eigenvalue weighted by Crippen LogP contribution is 2.32. The number of benzene rings is 2. The van der Waals surface area contributed by atoms with Crippen LogP contribution in [0.3, 0.4) is 0 Å². The highest BCUT2D eigenvalue weighted by molar-refractivity contribution is 8.00. The number of H-pyrrole nitrogens is 1. The van der Waals surface area contributed by atoms with Gasteiger partial charge in [-0.05, 0) is 37.1 Å². The van der Waals surface area contributed by atoms with E-state index in [2.05, 4.69) is 21.2 Å². The molecule has 1 amide bonds. The number of thioether (sulfide) groups is 1. The standard InChI is InChI=1S/C19H17N5OS/c1-12(17(25)23-11-10-13-6-2-4-8-15(13)23)26-19-22-21-18-20-14-7-3-5-9-16(14)24(18)19/h2-9,12H,10-11H2,1H3,(H,20,21). The molecule has 1 aliphatic rings. The number of nitrogens with one attached hydrogen (secondary N) is 1. The number of para-hydroxylation sites is 3. The zero-order valence-electron chi connectivity index (χ0n) is 14.2. The number of hydrogen-bond acceptors (Lipinski definition) is 4. The molecule has 0 aliphatic carbocycles. The van der Waals surface area contributed by atoms with Crippen LogP contribution in [0.2, 0.25) is 0 Å². The summed E-state index contributed by atoms with van der Waals surface area (Å²) in [4.78, 5) is 19.4. The molecule has 2 aromatic carbocycles. The van der Waals surface area contributed by atoms with Gasteiger partial charge in [-0.15, -0.1) is 5.10 Å². The van der Waals surface area contributed by atoms with E-state index in [1.165, 1.54) is 17.3 Å². The zero-order chi connectivity index (χ0) is 17.7. The van der Waals surface area contributed by atoms with Crippen molar-refractivity contribution in [2.75, 3.05) is 11.4 Å². The Balaban J connectivity index is 1.45. The monoisotopic (exact) mass is 363 g/mol. The molecule has 0 spiro atoms. The van der Waals surface area contributed by atoms with E-state index < -0.39 is 0 Å². The van der Waals surface area contributed by atoms with Gasteiger partial charge < -0.3 is 4.90 Å². The third-order valence-corrected chi connectivity index (χ3v) is 5.83. The van der Waals surface area contributed by atoms with E-state index in [1.807, 2.05) is 58.7 Å². The number of aromatic nitrogens is 4. The molecule has 2 aromatic heterocycles. The van der Waals surface area contributed by atoms with Crippen LogP contribution in [0.25, 0.3) is 16.8 Å². The number of nitrogens with zero attached hydrogens (tertiary/aromatic N) is 4. The Hall–Kier alpha value is -2.80. The molecule has 6 nitrogen and oxygen atoms in total. The normalized spacial score (nSPS) is 14.9. The number of aromatic amines is 1. The first-order chi connectivity index (χ1) is 12.7. The Morgan fingerprint density at radius 3 is 2.92 bits per heavy atom. The second-order valence-corrected chi connectivity index (χ2v) is 7.70. The number of imidazole rings is 1. The van der Waals surface area contributed by atoms with Gasteiger partial charge in [0, 0.05) is 12.2 Å². The van der Waals surface area contributed by atoms with E-state index >= 15 is 0 Å². The van der Waals surface area contributed by atoms with Crippen LogP contribution in [-0.4, -0.2) is 37.3 Å². The van der Waals surface area contributed by atoms with Crippen molar-refractivity contribution in [3.63, 3.8) is 0 Å². The van der Waals surface area contributed by atoms with Crippen LogP contribution in [0.1, 0.15) is 12.5 Å². The zero-order valence-corrected chi connectivity index (χ0v) is 15.0. The SMILES string of the molecule is CC(Sc1n[nH]c2nc3ccccc3n12)C(=O)N1CCc2ccccc21. The molecular weight excluding hydrogens is 346 g/mol. The van der Waals surface area contributed by atoms with Crippen molar-refractivity contribution in [1.82, 2.24) is 19.6 Å². The molecule has 26 heavy (non-hydrogen) atoms. The van der Waals surface area contributed by atoms with Gasteiger partial charge in [0.05, 0.1) is 16.3 Å². The fourth-order valence-electron chi connectivity index (χ4n) is 3.52. The van der Waals surface area contributed by atoms with E-state index in [-0.39, 0.29) is 11.2 Å². The quantitative estimate of drug-likeness (QED) is 0.567. The molecule has 3 heterocycles. The summed E-state index contributed by atoms with van der Waals surface area (Å²) in [5, 5.41) is 7.84. The average molecular weight is 363 g/mol. The Kier molecular flexibility index (Phi) is 3.49. The number of rotatable bonds is 3. The molecule has 1 N–H and O–H groups in total. The molecule has 7 heteroatoms. The first-order valence-corrected chi connectivity index (χ1v) is 9.48. The fourth-order valence-corrected chi connectivity index (χ4v) is 4.45. The predicted octanol–water partition coefficient (Wildman–Crippen LogP) is 3.28. The van der Waals surface area contributed by atoms with Crippen molar-refractivity contribution < 1.29 is 4.79 Å². The summed E-state index contributed by atoms with van der Waals surface area (Å²) in [6.45, 7) is 2.68. The summed E-state index contributed by atoms with van der Waals surface area (Å²) in [5.41, 5.74) is 4.17. The molecular formula is C19H17N5OS. The van der Waals surface area contributed by atoms with Crippen molar-refractivity contribution >= 4 is 40.2 Å². The second-order valence-electron chi connectivity index (χ2n) is 6.39. The minimum Gasteiger partial charge on any atom is -0.311 e. The van der Waals surface area contributed by atoms with Gasteiger partial charge in [0.1, 0.15) is 0 Å². The van der Waals surface area contributed by atoms with Crippen molar-refractivity contribution in [3.05, 3.63) is 54.1 Å². The van der Waals surface area contributed by atoms with Gasteiger partial charge in [-0.3, -0.25) is 9.20 Å². The van der Waals surface area contributed by atoms with Gasteiger partial charge in [0.25, 0.3) is 0 Å². The van der Waals surface area contributed by atoms with Crippen LogP contribution < -0.4 is 4.90 Å². The Morgan fingerprint density at radius 1 is 1.19 bits per heavy atom. The fraction of sp³-hybridized carbons (Fsp3) is 0.211. The molecule has 0 fully saturated rings. The van der Waals surface area contributed by atoms with Crippen LogP contribution in [0, 0.1) is 0 Å². The highest BCUT2D eigenvalue weighted by Gasteiger charge is 2.29. The van der Waals surface area contributed by atoms with Gasteiger partial charge in [-0.1, -0.05) is 42.1 Å². The predicted molar refractivity (Wildman–Crippen MR) is 103 cm³/mol. The number of fused-ring (bicyclic) bond motifs is 4. The lowest BCUT2D eigenvalue weighted by Crippen LogP contribution is -2.35. The van der Waals surface area contributed by atoms with Gasteiger partial charge >= 0.3 is 0 Å². The summed E-state index contributed by atoms with van der Waals surface area (Å²) in [6.07, 6.45) is 0.915. The molecule has 130 valence electrons. The lowest BCUT2D eigenvalue weighted by atomic mass is 10.2. The summed E-state index contributed by atoms with van der Waals surface area (Å²) >= 11 is 1.46. The van der Waals surface area contributed by atoms with Crippen molar-refractivity contribution in [2.45, 2.75) is 23.8 Å². The molecule has 1 unspecified atom stereocenters. The largest absolute Gasteiger partial charge is 0.311 e. The number of amides is 1. The third kappa shape index (κ3) is 2.31. The van der Waals surface area contributed by atoms with E-state index in [4.69, 9.17) is 0 Å². The van der Waals surface area contributed by atoms with Crippen LogP contribution in [-0.2, 0) is 11.2 Å². The summed E-state index contributed by atoms with van der Waals surface area (Å²) in [5.74, 6) is 0.806. The second kappa shape index (κ2) is 5.88. The summed E-state index contributed by atoms with van der Waals surface area (Å²) in [7, 11) is 0. The Labute approximate surface area is 154 Å². The molecule has 0 radical (unpaired) electrons.